The maximum Gasteiger partial charge on any atom is 0.312 e. The standard InChI is InChI=1S/C21H20O3/c1-5-21(24-19(23)20(2,3)4)16-12-8-6-10-14(16)18(22)15-11-7-9-13-17(15)21/h5-13H,1H2,2-4H3. The third kappa shape index (κ3) is 2.28. The predicted molar refractivity (Wildman–Crippen MR) is 92.8 cm³/mol. The number of ketones is 1. The van der Waals surface area contributed by atoms with Gasteiger partial charge >= 0.3 is 5.97 Å². The second kappa shape index (κ2) is 5.45. The topological polar surface area (TPSA) is 43.4 Å². The molecule has 0 saturated heterocycles. The Morgan fingerprint density at radius 3 is 1.88 bits per heavy atom. The lowest BCUT2D eigenvalue weighted by molar-refractivity contribution is -0.162. The number of fused-ring (bicyclic) bond motifs is 2. The van der Waals surface area contributed by atoms with Gasteiger partial charge in [-0.05, 0) is 26.8 Å². The van der Waals surface area contributed by atoms with Crippen molar-refractivity contribution in [3.63, 3.8) is 0 Å². The lowest BCUT2D eigenvalue weighted by Gasteiger charge is -2.38. The third-order valence-corrected chi connectivity index (χ3v) is 4.30. The van der Waals surface area contributed by atoms with Crippen LogP contribution in [0.3, 0.4) is 0 Å². The molecule has 3 heteroatoms. The monoisotopic (exact) mass is 320 g/mol. The molecule has 0 saturated carbocycles. The van der Waals surface area contributed by atoms with Crippen LogP contribution >= 0.6 is 0 Å². The zero-order valence-corrected chi connectivity index (χ0v) is 14.1. The molecule has 0 fully saturated rings. The van der Waals surface area contributed by atoms with Crippen LogP contribution in [-0.4, -0.2) is 11.8 Å². The molecule has 0 N–H and O–H groups in total. The maximum absolute atomic E-state index is 12.8. The van der Waals surface area contributed by atoms with Crippen molar-refractivity contribution in [3.05, 3.63) is 83.4 Å². The summed E-state index contributed by atoms with van der Waals surface area (Å²) in [6, 6.07) is 14.5. The number of hydrogen-bond donors (Lipinski definition) is 0. The molecule has 0 radical (unpaired) electrons. The summed E-state index contributed by atoms with van der Waals surface area (Å²) in [5.41, 5.74) is 0.561. The molecule has 0 spiro atoms. The summed E-state index contributed by atoms with van der Waals surface area (Å²) in [5, 5.41) is 0. The summed E-state index contributed by atoms with van der Waals surface area (Å²) >= 11 is 0. The van der Waals surface area contributed by atoms with Gasteiger partial charge in [-0.1, -0.05) is 55.1 Å². The molecule has 0 unspecified atom stereocenters. The molecular weight excluding hydrogens is 300 g/mol. The molecule has 3 rings (SSSR count). The summed E-state index contributed by atoms with van der Waals surface area (Å²) in [5.74, 6) is -0.410. The van der Waals surface area contributed by atoms with E-state index < -0.39 is 11.0 Å². The predicted octanol–water partition coefficient (Wildman–Crippen LogP) is 4.25. The fourth-order valence-corrected chi connectivity index (χ4v) is 2.97. The summed E-state index contributed by atoms with van der Waals surface area (Å²) in [4.78, 5) is 25.5. The lowest BCUT2D eigenvalue weighted by Crippen LogP contribution is -2.41. The Bertz CT molecular complexity index is 791. The van der Waals surface area contributed by atoms with E-state index in [4.69, 9.17) is 4.74 Å². The Balaban J connectivity index is 2.29. The molecule has 2 aromatic carbocycles. The number of esters is 1. The summed E-state index contributed by atoms with van der Waals surface area (Å²) in [6.45, 7) is 9.34. The van der Waals surface area contributed by atoms with Gasteiger partial charge in [-0.15, -0.1) is 0 Å². The molecule has 0 atom stereocenters. The molecule has 122 valence electrons. The van der Waals surface area contributed by atoms with Crippen molar-refractivity contribution in [3.8, 4) is 0 Å². The number of rotatable bonds is 2. The maximum atomic E-state index is 12.8. The molecular formula is C21H20O3. The minimum atomic E-state index is -1.16. The Hall–Kier alpha value is -2.68. The average molecular weight is 320 g/mol. The highest BCUT2D eigenvalue weighted by Crippen LogP contribution is 2.44. The van der Waals surface area contributed by atoms with E-state index >= 15 is 0 Å². The van der Waals surface area contributed by atoms with Gasteiger partial charge in [0.2, 0.25) is 0 Å². The van der Waals surface area contributed by atoms with E-state index in [2.05, 4.69) is 6.58 Å². The van der Waals surface area contributed by atoms with Crippen LogP contribution in [0.1, 0.15) is 47.8 Å². The number of ether oxygens (including phenoxy) is 1. The number of carbonyl (C=O) groups is 2. The fourth-order valence-electron chi connectivity index (χ4n) is 2.97. The average Bonchev–Trinajstić information content (AvgIpc) is 2.57. The number of benzene rings is 2. The smallest absolute Gasteiger partial charge is 0.312 e. The lowest BCUT2D eigenvalue weighted by atomic mass is 9.74. The quantitative estimate of drug-likeness (QED) is 0.614. The zero-order valence-electron chi connectivity index (χ0n) is 14.1. The Morgan fingerprint density at radius 1 is 1.00 bits per heavy atom. The van der Waals surface area contributed by atoms with E-state index in [0.29, 0.717) is 22.3 Å². The van der Waals surface area contributed by atoms with Gasteiger partial charge in [0.15, 0.2) is 11.4 Å². The van der Waals surface area contributed by atoms with Crippen LogP contribution in [0.4, 0.5) is 0 Å². The second-order valence-corrected chi connectivity index (χ2v) is 7.00. The van der Waals surface area contributed by atoms with E-state index in [1.54, 1.807) is 39.0 Å². The van der Waals surface area contributed by atoms with Crippen molar-refractivity contribution in [1.82, 2.24) is 0 Å². The van der Waals surface area contributed by atoms with Crippen molar-refractivity contribution < 1.29 is 14.3 Å². The zero-order chi connectivity index (χ0) is 17.5. The normalized spacial score (nSPS) is 15.2. The highest BCUT2D eigenvalue weighted by Gasteiger charge is 2.45. The van der Waals surface area contributed by atoms with Gasteiger partial charge in [0.25, 0.3) is 0 Å². The van der Waals surface area contributed by atoms with Crippen molar-refractivity contribution in [2.45, 2.75) is 26.4 Å². The van der Waals surface area contributed by atoms with Gasteiger partial charge < -0.3 is 4.74 Å². The first-order valence-corrected chi connectivity index (χ1v) is 7.92. The number of hydrogen-bond acceptors (Lipinski definition) is 3. The van der Waals surface area contributed by atoms with Crippen molar-refractivity contribution in [1.29, 1.82) is 0 Å². The summed E-state index contributed by atoms with van der Waals surface area (Å²) < 4.78 is 5.98. The highest BCUT2D eigenvalue weighted by atomic mass is 16.6. The van der Waals surface area contributed by atoms with E-state index in [0.717, 1.165) is 0 Å². The van der Waals surface area contributed by atoms with Gasteiger partial charge in [-0.2, -0.15) is 0 Å². The Kier molecular flexibility index (Phi) is 3.67. The van der Waals surface area contributed by atoms with Crippen LogP contribution in [0.25, 0.3) is 0 Å². The Labute approximate surface area is 142 Å². The van der Waals surface area contributed by atoms with E-state index in [9.17, 15) is 9.59 Å². The van der Waals surface area contributed by atoms with Gasteiger partial charge in [0.1, 0.15) is 0 Å². The molecule has 0 amide bonds. The minimum absolute atomic E-state index is 0.0644. The van der Waals surface area contributed by atoms with E-state index in [1.807, 2.05) is 36.4 Å². The van der Waals surface area contributed by atoms with Gasteiger partial charge in [0.05, 0.1) is 5.41 Å². The molecule has 24 heavy (non-hydrogen) atoms. The third-order valence-electron chi connectivity index (χ3n) is 4.30. The number of carbonyl (C=O) groups excluding carboxylic acids is 2. The van der Waals surface area contributed by atoms with Gasteiger partial charge in [-0.25, -0.2) is 0 Å². The minimum Gasteiger partial charge on any atom is -0.444 e. The molecule has 0 bridgehead atoms. The summed E-state index contributed by atoms with van der Waals surface area (Å²) in [7, 11) is 0. The molecule has 0 heterocycles. The van der Waals surface area contributed by atoms with E-state index in [1.165, 1.54) is 0 Å². The summed E-state index contributed by atoms with van der Waals surface area (Å²) in [6.07, 6.45) is 1.61. The largest absolute Gasteiger partial charge is 0.444 e. The van der Waals surface area contributed by atoms with Crippen molar-refractivity contribution in [2.75, 3.05) is 0 Å². The molecule has 0 aliphatic heterocycles. The van der Waals surface area contributed by atoms with Crippen LogP contribution in [0.2, 0.25) is 0 Å². The first-order valence-electron chi connectivity index (χ1n) is 7.92. The van der Waals surface area contributed by atoms with Crippen LogP contribution < -0.4 is 0 Å². The van der Waals surface area contributed by atoms with Gasteiger partial charge in [-0.3, -0.25) is 9.59 Å². The molecule has 0 aromatic heterocycles. The van der Waals surface area contributed by atoms with Crippen molar-refractivity contribution >= 4 is 11.8 Å². The molecule has 1 aliphatic rings. The molecule has 2 aromatic rings. The van der Waals surface area contributed by atoms with E-state index in [-0.39, 0.29) is 11.8 Å². The molecule has 1 aliphatic carbocycles. The van der Waals surface area contributed by atoms with Crippen LogP contribution in [0.5, 0.6) is 0 Å². The highest BCUT2D eigenvalue weighted by molar-refractivity contribution is 6.13. The van der Waals surface area contributed by atoms with Crippen molar-refractivity contribution in [2.24, 2.45) is 5.41 Å². The van der Waals surface area contributed by atoms with Crippen LogP contribution in [-0.2, 0) is 15.1 Å². The Morgan fingerprint density at radius 2 is 1.46 bits per heavy atom. The van der Waals surface area contributed by atoms with Gasteiger partial charge in [0, 0.05) is 22.3 Å². The van der Waals surface area contributed by atoms with Crippen LogP contribution in [0, 0.1) is 5.41 Å². The second-order valence-electron chi connectivity index (χ2n) is 7.00. The SMILES string of the molecule is C=CC1(OC(=O)C(C)(C)C)c2ccccc2C(=O)c2ccccc21. The van der Waals surface area contributed by atoms with Crippen LogP contribution in [0.15, 0.2) is 61.2 Å². The molecule has 3 nitrogen and oxygen atoms in total. The first kappa shape index (κ1) is 16.2. The first-order chi connectivity index (χ1) is 11.3. The fraction of sp³-hybridized carbons (Fsp3) is 0.238.